The van der Waals surface area contributed by atoms with Crippen molar-refractivity contribution in [2.24, 2.45) is 0 Å². The first kappa shape index (κ1) is 16.1. The van der Waals surface area contributed by atoms with Crippen molar-refractivity contribution in [3.05, 3.63) is 51.4 Å². The number of thioether (sulfide) groups is 1. The average Bonchev–Trinajstić information content (AvgIpc) is 2.92. The number of nitrogens with one attached hydrogen (secondary N) is 1. The normalized spacial score (nSPS) is 16.2. The fourth-order valence-corrected chi connectivity index (χ4v) is 3.86. The van der Waals surface area contributed by atoms with Gasteiger partial charge in [-0.1, -0.05) is 42.4 Å². The molecule has 23 heavy (non-hydrogen) atoms. The Kier molecular flexibility index (Phi) is 4.73. The number of benzene rings is 1. The van der Waals surface area contributed by atoms with E-state index in [1.807, 2.05) is 13.0 Å². The number of para-hydroxylation sites is 1. The Balaban J connectivity index is 1.75. The van der Waals surface area contributed by atoms with E-state index >= 15 is 0 Å². The number of aryl methyl sites for hydroxylation is 1. The molecule has 0 bridgehead atoms. The molecule has 7 heteroatoms. The van der Waals surface area contributed by atoms with Crippen molar-refractivity contribution in [3.8, 4) is 0 Å². The Bertz CT molecular complexity index is 806. The molecular formula is C16H16ClN3O2S. The van der Waals surface area contributed by atoms with E-state index in [9.17, 15) is 9.59 Å². The zero-order valence-corrected chi connectivity index (χ0v) is 14.2. The molecule has 1 unspecified atom stereocenters. The molecule has 1 N–H and O–H groups in total. The quantitative estimate of drug-likeness (QED) is 0.861. The van der Waals surface area contributed by atoms with E-state index in [1.165, 1.54) is 11.8 Å². The molecule has 120 valence electrons. The largest absolute Gasteiger partial charge is 0.325 e. The zero-order valence-electron chi connectivity index (χ0n) is 12.6. The fourth-order valence-electron chi connectivity index (χ4n) is 2.51. The van der Waals surface area contributed by atoms with E-state index in [1.54, 1.807) is 28.8 Å². The van der Waals surface area contributed by atoms with Crippen LogP contribution in [-0.2, 0) is 11.2 Å². The van der Waals surface area contributed by atoms with Gasteiger partial charge in [-0.3, -0.25) is 14.2 Å². The first-order chi connectivity index (χ1) is 11.1. The SMILES string of the molecule is CCc1cc(=O)n2c(n1)SCC2CC(=O)Nc1ccccc1Cl. The highest BCUT2D eigenvalue weighted by molar-refractivity contribution is 7.99. The van der Waals surface area contributed by atoms with Crippen LogP contribution in [0.3, 0.4) is 0 Å². The highest BCUT2D eigenvalue weighted by Gasteiger charge is 2.27. The summed E-state index contributed by atoms with van der Waals surface area (Å²) in [5.74, 6) is 0.508. The molecule has 2 heterocycles. The second-order valence-electron chi connectivity index (χ2n) is 5.29. The van der Waals surface area contributed by atoms with Gasteiger partial charge in [0.25, 0.3) is 5.56 Å². The van der Waals surface area contributed by atoms with Gasteiger partial charge in [-0.2, -0.15) is 0 Å². The van der Waals surface area contributed by atoms with Crippen LogP contribution in [0.4, 0.5) is 5.69 Å². The third-order valence-electron chi connectivity index (χ3n) is 3.67. The number of carbonyl (C=O) groups is 1. The van der Waals surface area contributed by atoms with E-state index in [4.69, 9.17) is 11.6 Å². The van der Waals surface area contributed by atoms with Crippen molar-refractivity contribution in [1.29, 1.82) is 0 Å². The summed E-state index contributed by atoms with van der Waals surface area (Å²) in [6.45, 7) is 1.97. The Morgan fingerprint density at radius 3 is 3.00 bits per heavy atom. The van der Waals surface area contributed by atoms with Crippen LogP contribution in [0, 0.1) is 0 Å². The molecule has 0 saturated carbocycles. The van der Waals surface area contributed by atoms with Gasteiger partial charge in [0.2, 0.25) is 5.91 Å². The minimum Gasteiger partial charge on any atom is -0.325 e. The van der Waals surface area contributed by atoms with Crippen LogP contribution in [0.25, 0.3) is 0 Å². The first-order valence-electron chi connectivity index (χ1n) is 7.38. The molecule has 0 fully saturated rings. The van der Waals surface area contributed by atoms with Crippen LogP contribution >= 0.6 is 23.4 Å². The maximum atomic E-state index is 12.3. The Labute approximate surface area is 143 Å². The summed E-state index contributed by atoms with van der Waals surface area (Å²) in [5, 5.41) is 3.99. The molecule has 1 amide bonds. The fraction of sp³-hybridized carbons (Fsp3) is 0.312. The molecule has 0 aliphatic carbocycles. The number of fused-ring (bicyclic) bond motifs is 1. The number of anilines is 1. The summed E-state index contributed by atoms with van der Waals surface area (Å²) in [6.07, 6.45) is 0.944. The van der Waals surface area contributed by atoms with Crippen LogP contribution in [0.2, 0.25) is 5.02 Å². The Morgan fingerprint density at radius 2 is 2.26 bits per heavy atom. The van der Waals surface area contributed by atoms with Crippen molar-refractivity contribution < 1.29 is 4.79 Å². The standard InChI is InChI=1S/C16H16ClN3O2S/c1-2-10-7-15(22)20-11(9-23-16(20)18-10)8-14(21)19-13-6-4-3-5-12(13)17/h3-7,11H,2,8-9H2,1H3,(H,19,21). The van der Waals surface area contributed by atoms with Crippen LogP contribution < -0.4 is 10.9 Å². The van der Waals surface area contributed by atoms with E-state index < -0.39 is 0 Å². The van der Waals surface area contributed by atoms with Gasteiger partial charge >= 0.3 is 0 Å². The van der Waals surface area contributed by atoms with Crippen LogP contribution in [0.15, 0.2) is 40.3 Å². The minimum absolute atomic E-state index is 0.0904. The molecule has 2 aromatic rings. The smallest absolute Gasteiger partial charge is 0.254 e. The molecule has 1 aliphatic heterocycles. The number of amides is 1. The predicted molar refractivity (Wildman–Crippen MR) is 92.3 cm³/mol. The van der Waals surface area contributed by atoms with Gasteiger partial charge < -0.3 is 5.32 Å². The molecule has 1 atom stereocenters. The van der Waals surface area contributed by atoms with Crippen LogP contribution in [0.5, 0.6) is 0 Å². The molecular weight excluding hydrogens is 334 g/mol. The zero-order chi connectivity index (χ0) is 16.4. The number of carbonyl (C=O) groups excluding carboxylic acids is 1. The summed E-state index contributed by atoms with van der Waals surface area (Å²) >= 11 is 7.56. The third-order valence-corrected chi connectivity index (χ3v) is 5.10. The van der Waals surface area contributed by atoms with E-state index in [-0.39, 0.29) is 23.9 Å². The topological polar surface area (TPSA) is 64.0 Å². The molecule has 5 nitrogen and oxygen atoms in total. The molecule has 1 aliphatic rings. The number of hydrogen-bond donors (Lipinski definition) is 1. The number of nitrogens with zero attached hydrogens (tertiary/aromatic N) is 2. The monoisotopic (exact) mass is 349 g/mol. The van der Waals surface area contributed by atoms with Crippen molar-refractivity contribution in [2.45, 2.75) is 31.0 Å². The Hall–Kier alpha value is -1.79. The minimum atomic E-state index is -0.177. The lowest BCUT2D eigenvalue weighted by Gasteiger charge is -2.14. The van der Waals surface area contributed by atoms with Crippen LogP contribution in [0.1, 0.15) is 25.1 Å². The van der Waals surface area contributed by atoms with Gasteiger partial charge in [0.15, 0.2) is 5.16 Å². The van der Waals surface area contributed by atoms with Gasteiger partial charge in [0, 0.05) is 23.9 Å². The number of aromatic nitrogens is 2. The summed E-state index contributed by atoms with van der Waals surface area (Å²) in [6, 6.07) is 8.45. The molecule has 0 saturated heterocycles. The van der Waals surface area contributed by atoms with Crippen molar-refractivity contribution in [3.63, 3.8) is 0 Å². The lowest BCUT2D eigenvalue weighted by Crippen LogP contribution is -2.27. The maximum Gasteiger partial charge on any atom is 0.254 e. The van der Waals surface area contributed by atoms with Crippen LogP contribution in [-0.4, -0.2) is 21.2 Å². The average molecular weight is 350 g/mol. The van der Waals surface area contributed by atoms with Crippen molar-refractivity contribution in [1.82, 2.24) is 9.55 Å². The van der Waals surface area contributed by atoms with Crippen molar-refractivity contribution in [2.75, 3.05) is 11.1 Å². The molecule has 1 aromatic carbocycles. The van der Waals surface area contributed by atoms with Gasteiger partial charge in [0.05, 0.1) is 16.8 Å². The number of hydrogen-bond acceptors (Lipinski definition) is 4. The lowest BCUT2D eigenvalue weighted by atomic mass is 10.2. The number of rotatable bonds is 4. The summed E-state index contributed by atoms with van der Waals surface area (Å²) in [7, 11) is 0. The van der Waals surface area contributed by atoms with Crippen molar-refractivity contribution >= 4 is 35.0 Å². The molecule has 3 rings (SSSR count). The second-order valence-corrected chi connectivity index (χ2v) is 6.68. The highest BCUT2D eigenvalue weighted by Crippen LogP contribution is 2.32. The predicted octanol–water partition coefficient (Wildman–Crippen LogP) is 3.13. The van der Waals surface area contributed by atoms with E-state index in [0.29, 0.717) is 21.6 Å². The summed E-state index contributed by atoms with van der Waals surface area (Å²) < 4.78 is 1.62. The summed E-state index contributed by atoms with van der Waals surface area (Å²) in [5.41, 5.74) is 1.28. The third kappa shape index (κ3) is 3.43. The maximum absolute atomic E-state index is 12.3. The second kappa shape index (κ2) is 6.76. The first-order valence-corrected chi connectivity index (χ1v) is 8.74. The van der Waals surface area contributed by atoms with E-state index in [0.717, 1.165) is 12.1 Å². The lowest BCUT2D eigenvalue weighted by molar-refractivity contribution is -0.116. The van der Waals surface area contributed by atoms with Gasteiger partial charge in [0.1, 0.15) is 0 Å². The van der Waals surface area contributed by atoms with E-state index in [2.05, 4.69) is 10.3 Å². The molecule has 1 aromatic heterocycles. The Morgan fingerprint density at radius 1 is 1.48 bits per heavy atom. The highest BCUT2D eigenvalue weighted by atomic mass is 35.5. The molecule has 0 spiro atoms. The number of halogens is 1. The van der Waals surface area contributed by atoms with Gasteiger partial charge in [-0.25, -0.2) is 4.98 Å². The molecule has 0 radical (unpaired) electrons. The van der Waals surface area contributed by atoms with Gasteiger partial charge in [-0.15, -0.1) is 0 Å². The van der Waals surface area contributed by atoms with Gasteiger partial charge in [-0.05, 0) is 18.6 Å². The summed E-state index contributed by atoms with van der Waals surface area (Å²) in [4.78, 5) is 29.0.